The number of imide groups is 2. The summed E-state index contributed by atoms with van der Waals surface area (Å²) in [6, 6.07) is 27.4. The molecule has 2 aliphatic heterocycles. The minimum atomic E-state index is -4.40. The summed E-state index contributed by atoms with van der Waals surface area (Å²) in [5.74, 6) is -3.22. The summed E-state index contributed by atoms with van der Waals surface area (Å²) < 4.78 is 39.3. The molecule has 0 saturated heterocycles. The second kappa shape index (κ2) is 15.1. The first-order valence-electron chi connectivity index (χ1n) is 18.3. The van der Waals surface area contributed by atoms with Crippen LogP contribution in [0.25, 0.3) is 27.1 Å². The average molecular weight is 851 g/mol. The van der Waals surface area contributed by atoms with E-state index >= 15 is 0 Å². The van der Waals surface area contributed by atoms with Gasteiger partial charge in [-0.1, -0.05) is 12.1 Å². The van der Waals surface area contributed by atoms with E-state index in [9.17, 15) is 43.4 Å². The normalized spacial score (nSPS) is 12.9. The van der Waals surface area contributed by atoms with Crippen LogP contribution in [0.15, 0.2) is 107 Å². The quantitative estimate of drug-likeness (QED) is 0.0908. The van der Waals surface area contributed by atoms with Gasteiger partial charge in [0.05, 0.1) is 92.7 Å². The highest BCUT2D eigenvalue weighted by Crippen LogP contribution is 2.43. The molecule has 16 nitrogen and oxygen atoms in total. The number of nitrogen functional groups attached to an aromatic ring is 2. The number of carbonyl (C=O) groups is 4. The first kappa shape index (κ1) is 40.5. The number of amides is 4. The Kier molecular flexibility index (Phi) is 9.68. The van der Waals surface area contributed by atoms with Crippen LogP contribution in [-0.2, 0) is 9.84 Å². The molecule has 0 aromatic heterocycles. The molecule has 2 aliphatic rings. The van der Waals surface area contributed by atoms with Gasteiger partial charge < -0.3 is 20.9 Å². The Hall–Kier alpha value is -9.29. The van der Waals surface area contributed by atoms with Crippen LogP contribution in [0.5, 0.6) is 11.5 Å². The highest BCUT2D eigenvalue weighted by atomic mass is 32.2. The smallest absolute Gasteiger partial charge is 0.266 e. The fourth-order valence-electron chi connectivity index (χ4n) is 7.48. The molecule has 0 radical (unpaired) electrons. The Morgan fingerprint density at radius 1 is 0.540 bits per heavy atom. The maximum Gasteiger partial charge on any atom is 0.266 e. The predicted molar refractivity (Wildman–Crippen MR) is 227 cm³/mol. The molecule has 6 aromatic carbocycles. The lowest BCUT2D eigenvalue weighted by molar-refractivity contribution is 0.0909. The van der Waals surface area contributed by atoms with Gasteiger partial charge >= 0.3 is 0 Å². The van der Waals surface area contributed by atoms with E-state index in [1.807, 2.05) is 18.2 Å². The molecule has 2 heterocycles. The number of hydrogen-bond acceptors (Lipinski definition) is 13. The lowest BCUT2D eigenvalue weighted by Gasteiger charge is -2.19. The minimum absolute atomic E-state index is 0.00247. The summed E-state index contributed by atoms with van der Waals surface area (Å²) in [6.07, 6.45) is 0. The van der Waals surface area contributed by atoms with Gasteiger partial charge in [-0.2, -0.15) is 15.8 Å². The van der Waals surface area contributed by atoms with Crippen LogP contribution >= 0.6 is 0 Å². The third kappa shape index (κ3) is 6.30. The number of methoxy groups -OCH3 is 2. The molecule has 0 saturated carbocycles. The molecule has 6 aromatic rings. The van der Waals surface area contributed by atoms with E-state index in [0.29, 0.717) is 22.3 Å². The Morgan fingerprint density at radius 2 is 0.968 bits per heavy atom. The predicted octanol–water partition coefficient (Wildman–Crippen LogP) is 6.80. The number of anilines is 4. The van der Waals surface area contributed by atoms with Gasteiger partial charge in [-0.05, 0) is 89.5 Å². The van der Waals surface area contributed by atoms with Crippen molar-refractivity contribution in [2.24, 2.45) is 0 Å². The van der Waals surface area contributed by atoms with Crippen LogP contribution < -0.4 is 30.7 Å². The fourth-order valence-corrected chi connectivity index (χ4v) is 8.77. The van der Waals surface area contributed by atoms with Crippen molar-refractivity contribution in [1.82, 2.24) is 0 Å². The highest BCUT2D eigenvalue weighted by Gasteiger charge is 2.41. The largest absolute Gasteiger partial charge is 0.495 e. The summed E-state index contributed by atoms with van der Waals surface area (Å²) in [5, 5.41) is 28.7. The number of benzene rings is 6. The molecule has 0 spiro atoms. The third-order valence-corrected chi connectivity index (χ3v) is 12.4. The number of rotatable bonds is 8. The van der Waals surface area contributed by atoms with Crippen molar-refractivity contribution in [2.45, 2.75) is 9.79 Å². The van der Waals surface area contributed by atoms with E-state index < -0.39 is 33.5 Å². The van der Waals surface area contributed by atoms with E-state index in [2.05, 4.69) is 4.85 Å². The zero-order chi connectivity index (χ0) is 45.1. The Bertz CT molecular complexity index is 3190. The molecule has 17 heteroatoms. The van der Waals surface area contributed by atoms with Crippen LogP contribution in [0.2, 0.25) is 0 Å². The number of nitrogens with zero attached hydrogens (tertiary/aromatic N) is 6. The molecule has 4 amide bonds. The van der Waals surface area contributed by atoms with Crippen molar-refractivity contribution in [2.75, 3.05) is 35.5 Å². The minimum Gasteiger partial charge on any atom is -0.495 e. The number of ether oxygens (including phenoxy) is 2. The van der Waals surface area contributed by atoms with Crippen LogP contribution in [0.3, 0.4) is 0 Å². The summed E-state index contributed by atoms with van der Waals surface area (Å²) in [4.78, 5) is 59.7. The lowest BCUT2D eigenvalue weighted by atomic mass is 9.94. The van der Waals surface area contributed by atoms with E-state index in [4.69, 9.17) is 27.5 Å². The van der Waals surface area contributed by atoms with Gasteiger partial charge in [-0.3, -0.25) is 19.2 Å². The van der Waals surface area contributed by atoms with Gasteiger partial charge in [0.15, 0.2) is 5.69 Å². The van der Waals surface area contributed by atoms with Crippen LogP contribution in [-0.4, -0.2) is 46.3 Å². The van der Waals surface area contributed by atoms with Crippen LogP contribution in [0, 0.1) is 40.6 Å². The molecule has 4 N–H and O–H groups in total. The van der Waals surface area contributed by atoms with Crippen molar-refractivity contribution in [3.63, 3.8) is 0 Å². The van der Waals surface area contributed by atoms with Gasteiger partial charge in [0, 0.05) is 23.4 Å². The maximum atomic E-state index is 14.1. The number of carbonyl (C=O) groups excluding carboxylic acids is 4. The summed E-state index contributed by atoms with van der Waals surface area (Å²) >= 11 is 0. The number of sulfone groups is 1. The maximum absolute atomic E-state index is 14.1. The first-order chi connectivity index (χ1) is 30.2. The average Bonchev–Trinajstić information content (AvgIpc) is 3.70. The van der Waals surface area contributed by atoms with Crippen LogP contribution in [0.4, 0.5) is 28.4 Å². The molecular weight excluding hydrogens is 825 g/mol. The number of nitriles is 3. The van der Waals surface area contributed by atoms with E-state index in [0.717, 1.165) is 21.9 Å². The van der Waals surface area contributed by atoms with Gasteiger partial charge in [0.1, 0.15) is 23.6 Å². The molecule has 0 fully saturated rings. The van der Waals surface area contributed by atoms with Crippen molar-refractivity contribution in [3.05, 3.63) is 147 Å². The summed E-state index contributed by atoms with van der Waals surface area (Å²) in [6.45, 7) is 7.59. The third-order valence-electron chi connectivity index (χ3n) is 10.6. The number of nitrogens with two attached hydrogens (primary N) is 2. The Morgan fingerprint density at radius 3 is 1.41 bits per heavy atom. The lowest BCUT2D eigenvalue weighted by Crippen LogP contribution is -2.30. The van der Waals surface area contributed by atoms with Crippen LogP contribution in [0.1, 0.15) is 58.1 Å². The molecule has 0 unspecified atom stereocenters. The van der Waals surface area contributed by atoms with Gasteiger partial charge in [0.25, 0.3) is 23.6 Å². The van der Waals surface area contributed by atoms with Gasteiger partial charge in [-0.25, -0.2) is 23.1 Å². The van der Waals surface area contributed by atoms with E-state index in [-0.39, 0.29) is 88.7 Å². The van der Waals surface area contributed by atoms with Crippen molar-refractivity contribution in [3.8, 4) is 52.0 Å². The fraction of sp³-hybridized carbons (Fsp3) is 0.0435. The molecule has 63 heavy (non-hydrogen) atoms. The monoisotopic (exact) mass is 850 g/mol. The molecule has 0 atom stereocenters. The molecule has 0 bridgehead atoms. The topological polar surface area (TPSA) is 255 Å². The van der Waals surface area contributed by atoms with Crippen molar-refractivity contribution < 1.29 is 37.1 Å². The van der Waals surface area contributed by atoms with Gasteiger partial charge in [0.2, 0.25) is 9.84 Å². The van der Waals surface area contributed by atoms with Crippen molar-refractivity contribution >= 4 is 61.9 Å². The molecule has 0 aliphatic carbocycles. The SMILES string of the molecule is [C-]#[N+]c1cc(N)c(C#N)cc1-c1ccc2c(c1)C(=O)N(c1ccc(S(=O)(=O)c3ccc(N4C(=O)c5ccc(-c6cc(C#N)c(N)cc6C#N)cc5C4=O)c(OC)c3)cc1OC)C2=O. The molecule has 304 valence electrons. The number of fused-ring (bicyclic) bond motifs is 2. The molecule has 8 rings (SSSR count). The zero-order valence-electron chi connectivity index (χ0n) is 32.7. The first-order valence-corrected chi connectivity index (χ1v) is 19.8. The summed E-state index contributed by atoms with van der Waals surface area (Å²) in [7, 11) is -1.94. The highest BCUT2D eigenvalue weighted by molar-refractivity contribution is 7.91. The van der Waals surface area contributed by atoms with E-state index in [1.54, 1.807) is 0 Å². The second-order valence-corrected chi connectivity index (χ2v) is 15.9. The van der Waals surface area contributed by atoms with Crippen molar-refractivity contribution in [1.29, 1.82) is 15.8 Å². The Labute approximate surface area is 358 Å². The zero-order valence-corrected chi connectivity index (χ0v) is 33.6. The van der Waals surface area contributed by atoms with E-state index in [1.165, 1.54) is 99.1 Å². The summed E-state index contributed by atoms with van der Waals surface area (Å²) in [5.41, 5.74) is 13.9. The number of hydrogen-bond donors (Lipinski definition) is 2. The standard InChI is InChI=1S/C46H26N8O8S/c1-52-38-19-37(51)27(22-49)15-33(38)24-5-9-31-35(13-24)46(58)54(44(31)56)40-11-7-29(18-42(40)62-3)63(59,60)28-6-10-39(41(17-28)61-2)53-43(55)30-8-4-23(12-34(30)45(53)57)32-14-26(21-48)36(50)16-25(32)20-47/h4-19H,50-51H2,2-3H3. The second-order valence-electron chi connectivity index (χ2n) is 14.0. The Balaban J connectivity index is 1.09. The van der Waals surface area contributed by atoms with Gasteiger partial charge in [-0.15, -0.1) is 0 Å². The molecular formula is C46H26N8O8S.